The molecule has 19 heavy (non-hydrogen) atoms. The third-order valence-corrected chi connectivity index (χ3v) is 3.93. The van der Waals surface area contributed by atoms with Crippen molar-refractivity contribution in [3.05, 3.63) is 35.4 Å². The van der Waals surface area contributed by atoms with Crippen molar-refractivity contribution in [2.45, 2.75) is 45.6 Å². The molecular weight excluding hydrogens is 234 g/mol. The van der Waals surface area contributed by atoms with Crippen LogP contribution in [0.15, 0.2) is 24.3 Å². The molecule has 0 saturated carbocycles. The largest absolute Gasteiger partial charge is 0.373 e. The molecular formula is C17H27NO. The van der Waals surface area contributed by atoms with Crippen LogP contribution in [0.1, 0.15) is 50.3 Å². The summed E-state index contributed by atoms with van der Waals surface area (Å²) in [6.07, 6.45) is 4.98. The van der Waals surface area contributed by atoms with Crippen molar-refractivity contribution in [1.82, 2.24) is 5.32 Å². The number of fused-ring (bicyclic) bond motifs is 1. The van der Waals surface area contributed by atoms with Gasteiger partial charge in [-0.3, -0.25) is 0 Å². The second-order valence-electron chi connectivity index (χ2n) is 5.69. The van der Waals surface area contributed by atoms with Gasteiger partial charge in [-0.25, -0.2) is 0 Å². The van der Waals surface area contributed by atoms with E-state index in [1.807, 2.05) is 0 Å². The Balaban J connectivity index is 1.80. The summed E-state index contributed by atoms with van der Waals surface area (Å²) in [4.78, 5) is 0. The molecule has 1 aliphatic heterocycles. The third kappa shape index (κ3) is 4.32. The smallest absolute Gasteiger partial charge is 0.0827 e. The molecule has 0 aliphatic carbocycles. The minimum atomic E-state index is 0.318. The van der Waals surface area contributed by atoms with Gasteiger partial charge in [-0.1, -0.05) is 38.1 Å². The standard InChI is InChI=1S/C17H27NO/c1-3-11-18-13-14(2)8-9-17-16-7-5-4-6-15(16)10-12-19-17/h4-7,14,17-18H,3,8-13H2,1-2H3. The van der Waals surface area contributed by atoms with Crippen LogP contribution in [-0.4, -0.2) is 19.7 Å². The second-order valence-corrected chi connectivity index (χ2v) is 5.69. The lowest BCUT2D eigenvalue weighted by Gasteiger charge is -2.27. The molecule has 0 spiro atoms. The molecule has 1 heterocycles. The average molecular weight is 261 g/mol. The van der Waals surface area contributed by atoms with E-state index in [1.165, 1.54) is 24.0 Å². The highest BCUT2D eigenvalue weighted by molar-refractivity contribution is 5.30. The molecule has 0 saturated heterocycles. The lowest BCUT2D eigenvalue weighted by Crippen LogP contribution is -2.23. The van der Waals surface area contributed by atoms with E-state index in [9.17, 15) is 0 Å². The molecule has 2 rings (SSSR count). The lowest BCUT2D eigenvalue weighted by atomic mass is 9.92. The van der Waals surface area contributed by atoms with E-state index in [2.05, 4.69) is 43.4 Å². The highest BCUT2D eigenvalue weighted by atomic mass is 16.5. The number of rotatable bonds is 7. The van der Waals surface area contributed by atoms with Crippen LogP contribution in [0.4, 0.5) is 0 Å². The summed E-state index contributed by atoms with van der Waals surface area (Å²) < 4.78 is 5.96. The number of benzene rings is 1. The van der Waals surface area contributed by atoms with E-state index >= 15 is 0 Å². The fraction of sp³-hybridized carbons (Fsp3) is 0.647. The van der Waals surface area contributed by atoms with Gasteiger partial charge in [0.25, 0.3) is 0 Å². The van der Waals surface area contributed by atoms with Crippen molar-refractivity contribution >= 4 is 0 Å². The van der Waals surface area contributed by atoms with Gasteiger partial charge in [0.15, 0.2) is 0 Å². The Morgan fingerprint density at radius 1 is 1.37 bits per heavy atom. The molecule has 0 amide bonds. The minimum absolute atomic E-state index is 0.318. The lowest BCUT2D eigenvalue weighted by molar-refractivity contribution is 0.0326. The summed E-state index contributed by atoms with van der Waals surface area (Å²) in [7, 11) is 0. The molecule has 0 bridgehead atoms. The van der Waals surface area contributed by atoms with Crippen molar-refractivity contribution in [1.29, 1.82) is 0 Å². The van der Waals surface area contributed by atoms with Crippen molar-refractivity contribution in [3.8, 4) is 0 Å². The molecule has 1 aliphatic rings. The van der Waals surface area contributed by atoms with E-state index in [4.69, 9.17) is 4.74 Å². The van der Waals surface area contributed by atoms with Crippen LogP contribution < -0.4 is 5.32 Å². The number of nitrogens with one attached hydrogen (secondary N) is 1. The van der Waals surface area contributed by atoms with E-state index < -0.39 is 0 Å². The Hall–Kier alpha value is -0.860. The second kappa shape index (κ2) is 7.66. The molecule has 106 valence electrons. The van der Waals surface area contributed by atoms with Crippen LogP contribution in [0.2, 0.25) is 0 Å². The first kappa shape index (κ1) is 14.5. The van der Waals surface area contributed by atoms with Gasteiger partial charge >= 0.3 is 0 Å². The predicted octanol–water partition coefficient (Wildman–Crippen LogP) is 3.72. The van der Waals surface area contributed by atoms with Crippen LogP contribution in [0, 0.1) is 5.92 Å². The zero-order valence-corrected chi connectivity index (χ0v) is 12.3. The molecule has 1 N–H and O–H groups in total. The number of hydrogen-bond donors (Lipinski definition) is 1. The van der Waals surface area contributed by atoms with Gasteiger partial charge < -0.3 is 10.1 Å². The first-order chi connectivity index (χ1) is 9.31. The van der Waals surface area contributed by atoms with Crippen LogP contribution in [-0.2, 0) is 11.2 Å². The Kier molecular flexibility index (Phi) is 5.87. The number of hydrogen-bond acceptors (Lipinski definition) is 2. The summed E-state index contributed by atoms with van der Waals surface area (Å²) in [6, 6.07) is 8.75. The first-order valence-electron chi connectivity index (χ1n) is 7.71. The summed E-state index contributed by atoms with van der Waals surface area (Å²) in [5.74, 6) is 0.726. The highest BCUT2D eigenvalue weighted by Crippen LogP contribution is 2.31. The summed E-state index contributed by atoms with van der Waals surface area (Å²) in [6.45, 7) is 7.68. The van der Waals surface area contributed by atoms with Gasteiger partial charge in [-0.15, -0.1) is 0 Å². The van der Waals surface area contributed by atoms with Gasteiger partial charge in [-0.2, -0.15) is 0 Å². The molecule has 2 heteroatoms. The van der Waals surface area contributed by atoms with Crippen LogP contribution in [0.3, 0.4) is 0 Å². The molecule has 2 atom stereocenters. The maximum Gasteiger partial charge on any atom is 0.0827 e. The van der Waals surface area contributed by atoms with E-state index in [1.54, 1.807) is 0 Å². The molecule has 1 aromatic rings. The third-order valence-electron chi connectivity index (χ3n) is 3.93. The van der Waals surface area contributed by atoms with Crippen molar-refractivity contribution in [3.63, 3.8) is 0 Å². The van der Waals surface area contributed by atoms with Crippen molar-refractivity contribution in [2.24, 2.45) is 5.92 Å². The predicted molar refractivity (Wildman–Crippen MR) is 80.4 cm³/mol. The zero-order chi connectivity index (χ0) is 13.5. The highest BCUT2D eigenvalue weighted by Gasteiger charge is 2.20. The van der Waals surface area contributed by atoms with Gasteiger partial charge in [0.2, 0.25) is 0 Å². The van der Waals surface area contributed by atoms with Gasteiger partial charge in [0, 0.05) is 0 Å². The van der Waals surface area contributed by atoms with Crippen LogP contribution >= 0.6 is 0 Å². The topological polar surface area (TPSA) is 21.3 Å². The van der Waals surface area contributed by atoms with E-state index in [0.717, 1.165) is 38.5 Å². The van der Waals surface area contributed by atoms with Crippen LogP contribution in [0.25, 0.3) is 0 Å². The van der Waals surface area contributed by atoms with Gasteiger partial charge in [0.1, 0.15) is 0 Å². The maximum absolute atomic E-state index is 5.96. The SMILES string of the molecule is CCCNCC(C)CCC1OCCc2ccccc21. The van der Waals surface area contributed by atoms with E-state index in [-0.39, 0.29) is 0 Å². The molecule has 2 unspecified atom stereocenters. The maximum atomic E-state index is 5.96. The Morgan fingerprint density at radius 2 is 2.21 bits per heavy atom. The molecule has 0 fully saturated rings. The Labute approximate surface area is 117 Å². The van der Waals surface area contributed by atoms with Crippen molar-refractivity contribution < 1.29 is 4.74 Å². The van der Waals surface area contributed by atoms with Gasteiger partial charge in [-0.05, 0) is 55.8 Å². The first-order valence-corrected chi connectivity index (χ1v) is 7.71. The molecule has 0 aromatic heterocycles. The quantitative estimate of drug-likeness (QED) is 0.755. The minimum Gasteiger partial charge on any atom is -0.373 e. The number of ether oxygens (including phenoxy) is 1. The Bertz CT molecular complexity index is 377. The fourth-order valence-electron chi connectivity index (χ4n) is 2.78. The molecule has 2 nitrogen and oxygen atoms in total. The summed E-state index contributed by atoms with van der Waals surface area (Å²) in [5, 5.41) is 3.50. The zero-order valence-electron chi connectivity index (χ0n) is 12.3. The van der Waals surface area contributed by atoms with Crippen molar-refractivity contribution in [2.75, 3.05) is 19.7 Å². The normalized spacial score (nSPS) is 20.0. The monoisotopic (exact) mass is 261 g/mol. The van der Waals surface area contributed by atoms with Gasteiger partial charge in [0.05, 0.1) is 12.7 Å². The molecule has 0 radical (unpaired) electrons. The van der Waals surface area contributed by atoms with Crippen LogP contribution in [0.5, 0.6) is 0 Å². The average Bonchev–Trinajstić information content (AvgIpc) is 2.45. The fourth-order valence-corrected chi connectivity index (χ4v) is 2.78. The summed E-state index contributed by atoms with van der Waals surface area (Å²) in [5.41, 5.74) is 2.90. The Morgan fingerprint density at radius 3 is 3.05 bits per heavy atom. The van der Waals surface area contributed by atoms with E-state index in [0.29, 0.717) is 6.10 Å². The summed E-state index contributed by atoms with van der Waals surface area (Å²) >= 11 is 0. The molecule has 1 aromatic carbocycles.